The molecule has 0 N–H and O–H groups in total. The lowest BCUT2D eigenvalue weighted by Crippen LogP contribution is -1.98. The van der Waals surface area contributed by atoms with Crippen molar-refractivity contribution in [2.24, 2.45) is 0 Å². The fourth-order valence-electron chi connectivity index (χ4n) is 6.96. The van der Waals surface area contributed by atoms with E-state index < -0.39 is 0 Å². The Kier molecular flexibility index (Phi) is 6.33. The van der Waals surface area contributed by atoms with Gasteiger partial charge < -0.3 is 4.57 Å². The molecule has 222 valence electrons. The zero-order valence-corrected chi connectivity index (χ0v) is 26.5. The predicted octanol–water partition coefficient (Wildman–Crippen LogP) is 11.5. The van der Waals surface area contributed by atoms with Gasteiger partial charge in [0.1, 0.15) is 0 Å². The van der Waals surface area contributed by atoms with Crippen LogP contribution in [0.4, 0.5) is 0 Å². The monoisotopic (exact) mass is 620 g/mol. The van der Waals surface area contributed by atoms with Crippen LogP contribution in [0.2, 0.25) is 0 Å². The molecule has 0 atom stereocenters. The first-order chi connectivity index (χ1) is 23.2. The largest absolute Gasteiger partial charge is 0.308 e. The topological polar surface area (TPSA) is 43.6 Å². The lowest BCUT2D eigenvalue weighted by atomic mass is 9.98. The average molecular weight is 621 g/mol. The Morgan fingerprint density at radius 1 is 0.681 bits per heavy atom. The molecule has 0 saturated carbocycles. The fraction of sp³-hybridized carbons (Fsp3) is 0.0238. The molecule has 0 bridgehead atoms. The number of pyridine rings is 1. The van der Waals surface area contributed by atoms with Crippen LogP contribution in [0.15, 0.2) is 134 Å². The minimum absolute atomic E-state index is 0.655. The Balaban J connectivity index is 1.31. The number of para-hydroxylation sites is 1. The molecule has 4 aromatic heterocycles. The Labute approximate surface area is 275 Å². The van der Waals surface area contributed by atoms with Crippen LogP contribution < -0.4 is 0 Å². The van der Waals surface area contributed by atoms with Crippen LogP contribution in [0, 0.1) is 0 Å². The Hall–Kier alpha value is -5.91. The highest BCUT2D eigenvalue weighted by atomic mass is 32.1. The number of thiophene rings is 1. The summed E-state index contributed by atoms with van der Waals surface area (Å²) in [6, 6.07) is 40.4. The van der Waals surface area contributed by atoms with Crippen molar-refractivity contribution in [1.82, 2.24) is 19.5 Å². The summed E-state index contributed by atoms with van der Waals surface area (Å²) < 4.78 is 3.68. The second-order valence-electron chi connectivity index (χ2n) is 11.6. The first kappa shape index (κ1) is 27.4. The van der Waals surface area contributed by atoms with E-state index in [1.54, 1.807) is 6.20 Å². The van der Waals surface area contributed by atoms with Gasteiger partial charge in [-0.2, -0.15) is 0 Å². The Bertz CT molecular complexity index is 2700. The summed E-state index contributed by atoms with van der Waals surface area (Å²) in [4.78, 5) is 15.8. The molecule has 0 fully saturated rings. The maximum atomic E-state index is 5.08. The average Bonchev–Trinajstić information content (AvgIpc) is 3.68. The van der Waals surface area contributed by atoms with Crippen molar-refractivity contribution in [1.29, 1.82) is 0 Å². The van der Waals surface area contributed by atoms with E-state index in [1.165, 1.54) is 53.1 Å². The molecule has 0 aliphatic carbocycles. The van der Waals surface area contributed by atoms with Gasteiger partial charge in [-0.1, -0.05) is 91.5 Å². The molecule has 0 spiro atoms. The third kappa shape index (κ3) is 4.17. The molecular weight excluding hydrogens is 593 g/mol. The molecule has 9 rings (SSSR count). The van der Waals surface area contributed by atoms with E-state index in [9.17, 15) is 0 Å². The van der Waals surface area contributed by atoms with Crippen molar-refractivity contribution in [3.8, 4) is 28.3 Å². The van der Waals surface area contributed by atoms with E-state index in [0.717, 1.165) is 27.9 Å². The lowest BCUT2D eigenvalue weighted by Gasteiger charge is -2.12. The summed E-state index contributed by atoms with van der Waals surface area (Å²) in [5.41, 5.74) is 8.21. The van der Waals surface area contributed by atoms with Crippen LogP contribution in [0.25, 0.3) is 94.2 Å². The highest BCUT2D eigenvalue weighted by Crippen LogP contribution is 2.47. The first-order valence-electron chi connectivity index (χ1n) is 15.7. The van der Waals surface area contributed by atoms with E-state index >= 15 is 0 Å². The maximum absolute atomic E-state index is 5.08. The van der Waals surface area contributed by atoms with Crippen molar-refractivity contribution in [2.75, 3.05) is 0 Å². The highest BCUT2D eigenvalue weighted by Gasteiger charge is 2.22. The molecule has 0 amide bonds. The van der Waals surface area contributed by atoms with Crippen molar-refractivity contribution in [3.05, 3.63) is 145 Å². The van der Waals surface area contributed by atoms with Gasteiger partial charge in [0.25, 0.3) is 0 Å². The molecule has 9 aromatic rings. The number of hydrogen-bond donors (Lipinski definition) is 0. The number of fused-ring (bicyclic) bond motifs is 9. The maximum Gasteiger partial charge on any atom is 0.163 e. The van der Waals surface area contributed by atoms with Gasteiger partial charge in [0.05, 0.1) is 21.4 Å². The SMILES string of the molecule is C=Cc1c(/C=C\C)sc2c1c1ccccc1c1c3ccccc3n(-c3ccc(-c4nc(-c5ccccc5)c5cccnc5n4)cc3)c21. The molecule has 0 saturated heterocycles. The summed E-state index contributed by atoms with van der Waals surface area (Å²) in [5.74, 6) is 0.655. The number of nitrogens with zero attached hydrogens (tertiary/aromatic N) is 4. The van der Waals surface area contributed by atoms with Gasteiger partial charge in [0.15, 0.2) is 11.5 Å². The van der Waals surface area contributed by atoms with Crippen LogP contribution in [-0.2, 0) is 0 Å². The third-order valence-electron chi connectivity index (χ3n) is 8.95. The van der Waals surface area contributed by atoms with Crippen LogP contribution >= 0.6 is 11.3 Å². The van der Waals surface area contributed by atoms with Crippen LogP contribution in [-0.4, -0.2) is 19.5 Å². The first-order valence-corrected chi connectivity index (χ1v) is 16.5. The van der Waals surface area contributed by atoms with Gasteiger partial charge in [-0.05, 0) is 66.2 Å². The summed E-state index contributed by atoms with van der Waals surface area (Å²) in [6.45, 7) is 6.31. The van der Waals surface area contributed by atoms with E-state index in [0.29, 0.717) is 11.5 Å². The van der Waals surface area contributed by atoms with Crippen LogP contribution in [0.1, 0.15) is 17.4 Å². The zero-order valence-electron chi connectivity index (χ0n) is 25.7. The van der Waals surface area contributed by atoms with E-state index in [-0.39, 0.29) is 0 Å². The van der Waals surface area contributed by atoms with Gasteiger partial charge in [-0.25, -0.2) is 15.0 Å². The van der Waals surface area contributed by atoms with Gasteiger partial charge >= 0.3 is 0 Å². The summed E-state index contributed by atoms with van der Waals surface area (Å²) in [7, 11) is 0. The smallest absolute Gasteiger partial charge is 0.163 e. The molecule has 0 radical (unpaired) electrons. The van der Waals surface area contributed by atoms with E-state index in [4.69, 9.17) is 9.97 Å². The van der Waals surface area contributed by atoms with E-state index in [1.807, 2.05) is 47.7 Å². The minimum Gasteiger partial charge on any atom is -0.308 e. The van der Waals surface area contributed by atoms with Crippen molar-refractivity contribution < 1.29 is 0 Å². The summed E-state index contributed by atoms with van der Waals surface area (Å²) in [5, 5.41) is 7.21. The number of rotatable bonds is 5. The minimum atomic E-state index is 0.655. The Morgan fingerprint density at radius 3 is 2.15 bits per heavy atom. The zero-order chi connectivity index (χ0) is 31.5. The molecule has 5 aromatic carbocycles. The molecule has 0 aliphatic heterocycles. The van der Waals surface area contributed by atoms with Gasteiger partial charge in [-0.15, -0.1) is 11.3 Å². The summed E-state index contributed by atoms with van der Waals surface area (Å²) >= 11 is 1.84. The second-order valence-corrected chi connectivity index (χ2v) is 12.6. The molecular formula is C42H28N4S. The number of allylic oxidation sites excluding steroid dienone is 1. The lowest BCUT2D eigenvalue weighted by molar-refractivity contribution is 1.17. The van der Waals surface area contributed by atoms with E-state index in [2.05, 4.69) is 120 Å². The molecule has 0 unspecified atom stereocenters. The normalized spacial score (nSPS) is 11.9. The van der Waals surface area contributed by atoms with Gasteiger partial charge in [0.2, 0.25) is 0 Å². The third-order valence-corrected chi connectivity index (χ3v) is 10.1. The van der Waals surface area contributed by atoms with Crippen molar-refractivity contribution in [2.45, 2.75) is 6.92 Å². The summed E-state index contributed by atoms with van der Waals surface area (Å²) in [6.07, 6.45) is 8.11. The van der Waals surface area contributed by atoms with Crippen molar-refractivity contribution >= 4 is 77.2 Å². The quantitative estimate of drug-likeness (QED) is 0.192. The standard InChI is InChI=1S/C42H28N4S/c1-3-13-35-29(4-2)37-31-17-9-8-16-30(31)36-32-18-10-11-20-34(32)46(39(36)40(37)47-35)28-23-21-27(22-24-28)41-44-38(26-14-6-5-7-15-26)33-19-12-25-43-42(33)45-41/h3-25H,2H2,1H3/b13-3-. The molecule has 47 heavy (non-hydrogen) atoms. The molecule has 4 heterocycles. The molecule has 5 heteroatoms. The van der Waals surface area contributed by atoms with Gasteiger partial charge in [-0.3, -0.25) is 0 Å². The highest BCUT2D eigenvalue weighted by molar-refractivity contribution is 7.21. The van der Waals surface area contributed by atoms with Crippen LogP contribution in [0.5, 0.6) is 0 Å². The van der Waals surface area contributed by atoms with Crippen molar-refractivity contribution in [3.63, 3.8) is 0 Å². The van der Waals surface area contributed by atoms with Crippen LogP contribution in [0.3, 0.4) is 0 Å². The predicted molar refractivity (Wildman–Crippen MR) is 200 cm³/mol. The number of hydrogen-bond acceptors (Lipinski definition) is 4. The number of aromatic nitrogens is 4. The molecule has 4 nitrogen and oxygen atoms in total. The molecule has 0 aliphatic rings. The van der Waals surface area contributed by atoms with Gasteiger partial charge in [0, 0.05) is 55.0 Å². The second kappa shape index (κ2) is 10.9. The Morgan fingerprint density at radius 2 is 1.38 bits per heavy atom. The fourth-order valence-corrected chi connectivity index (χ4v) is 8.29. The number of benzene rings is 5.